The van der Waals surface area contributed by atoms with E-state index in [1.807, 2.05) is 13.8 Å². The number of carbonyl (C=O) groups excluding carboxylic acids is 1. The highest BCUT2D eigenvalue weighted by molar-refractivity contribution is 5.72. The number of amides is 2. The van der Waals surface area contributed by atoms with Crippen molar-refractivity contribution in [1.29, 1.82) is 0 Å². The van der Waals surface area contributed by atoms with Gasteiger partial charge in [-0.25, -0.2) is 4.79 Å². The van der Waals surface area contributed by atoms with Crippen molar-refractivity contribution < 1.29 is 4.79 Å². The third-order valence-corrected chi connectivity index (χ3v) is 1.15. The molecule has 0 heterocycles. The SMILES string of the molecule is C=C(C)CN(CC)C(N)=O. The molecule has 0 bridgehead atoms. The molecule has 58 valence electrons. The molecule has 0 aliphatic rings. The molecule has 0 radical (unpaired) electrons. The van der Waals surface area contributed by atoms with Crippen LogP contribution in [-0.4, -0.2) is 24.0 Å². The van der Waals surface area contributed by atoms with E-state index in [1.54, 1.807) is 0 Å². The van der Waals surface area contributed by atoms with Gasteiger partial charge in [-0.05, 0) is 13.8 Å². The first-order valence-electron chi connectivity index (χ1n) is 3.26. The molecule has 0 aromatic rings. The molecule has 0 spiro atoms. The first-order chi connectivity index (χ1) is 4.57. The average molecular weight is 142 g/mol. The zero-order valence-corrected chi connectivity index (χ0v) is 6.55. The van der Waals surface area contributed by atoms with E-state index in [4.69, 9.17) is 5.73 Å². The van der Waals surface area contributed by atoms with E-state index in [0.717, 1.165) is 5.57 Å². The summed E-state index contributed by atoms with van der Waals surface area (Å²) in [4.78, 5) is 12.1. The van der Waals surface area contributed by atoms with Gasteiger partial charge >= 0.3 is 6.03 Å². The lowest BCUT2D eigenvalue weighted by molar-refractivity contribution is 0.214. The number of urea groups is 1. The quantitative estimate of drug-likeness (QED) is 0.586. The topological polar surface area (TPSA) is 46.3 Å². The minimum absolute atomic E-state index is 0.384. The molecule has 2 amide bonds. The van der Waals surface area contributed by atoms with E-state index in [0.29, 0.717) is 13.1 Å². The van der Waals surface area contributed by atoms with Gasteiger partial charge in [0, 0.05) is 13.1 Å². The summed E-state index contributed by atoms with van der Waals surface area (Å²) in [5.74, 6) is 0. The summed E-state index contributed by atoms with van der Waals surface area (Å²) < 4.78 is 0. The number of nitrogens with zero attached hydrogens (tertiary/aromatic N) is 1. The zero-order valence-electron chi connectivity index (χ0n) is 6.55. The molecule has 0 aromatic carbocycles. The summed E-state index contributed by atoms with van der Waals surface area (Å²) in [5.41, 5.74) is 5.99. The summed E-state index contributed by atoms with van der Waals surface area (Å²) in [7, 11) is 0. The van der Waals surface area contributed by atoms with Gasteiger partial charge in [0.05, 0.1) is 0 Å². The summed E-state index contributed by atoms with van der Waals surface area (Å²) >= 11 is 0. The lowest BCUT2D eigenvalue weighted by atomic mass is 10.3. The molecule has 2 N–H and O–H groups in total. The van der Waals surface area contributed by atoms with Crippen LogP contribution in [-0.2, 0) is 0 Å². The van der Waals surface area contributed by atoms with Crippen LogP contribution in [0.5, 0.6) is 0 Å². The Bertz CT molecular complexity index is 143. The predicted molar refractivity (Wildman–Crippen MR) is 41.6 cm³/mol. The second kappa shape index (κ2) is 3.93. The van der Waals surface area contributed by atoms with Crippen molar-refractivity contribution in [2.75, 3.05) is 13.1 Å². The minimum Gasteiger partial charge on any atom is -0.351 e. The standard InChI is InChI=1S/C7H14N2O/c1-4-9(7(8)10)5-6(2)3/h2,4-5H2,1,3H3,(H2,8,10). The molecule has 0 saturated heterocycles. The highest BCUT2D eigenvalue weighted by Gasteiger charge is 2.04. The Kier molecular flexibility index (Phi) is 3.54. The van der Waals surface area contributed by atoms with Crippen LogP contribution in [0.1, 0.15) is 13.8 Å². The summed E-state index contributed by atoms with van der Waals surface area (Å²) in [6.45, 7) is 8.63. The third kappa shape index (κ3) is 3.12. The van der Waals surface area contributed by atoms with Gasteiger partial charge in [0.15, 0.2) is 0 Å². The van der Waals surface area contributed by atoms with E-state index >= 15 is 0 Å². The molecule has 0 aromatic heterocycles. The Morgan fingerprint density at radius 3 is 2.30 bits per heavy atom. The normalized spacial score (nSPS) is 9.00. The predicted octanol–water partition coefficient (Wildman–Crippen LogP) is 0.963. The molecule has 0 fully saturated rings. The van der Waals surface area contributed by atoms with E-state index in [-0.39, 0.29) is 6.03 Å². The molecule has 0 rings (SSSR count). The molecule has 0 saturated carbocycles. The van der Waals surface area contributed by atoms with Gasteiger partial charge in [0.1, 0.15) is 0 Å². The molecule has 10 heavy (non-hydrogen) atoms. The van der Waals surface area contributed by atoms with Crippen molar-refractivity contribution in [1.82, 2.24) is 4.90 Å². The van der Waals surface area contributed by atoms with Gasteiger partial charge in [-0.1, -0.05) is 12.2 Å². The van der Waals surface area contributed by atoms with Gasteiger partial charge in [-0.15, -0.1) is 0 Å². The zero-order chi connectivity index (χ0) is 8.15. The highest BCUT2D eigenvalue weighted by Crippen LogP contribution is 1.93. The number of hydrogen-bond acceptors (Lipinski definition) is 1. The van der Waals surface area contributed by atoms with Crippen LogP contribution in [0.25, 0.3) is 0 Å². The molecule has 0 atom stereocenters. The van der Waals surface area contributed by atoms with Gasteiger partial charge in [-0.3, -0.25) is 0 Å². The third-order valence-electron chi connectivity index (χ3n) is 1.15. The van der Waals surface area contributed by atoms with Crippen LogP contribution in [0.15, 0.2) is 12.2 Å². The number of rotatable bonds is 3. The van der Waals surface area contributed by atoms with Crippen molar-refractivity contribution in [2.45, 2.75) is 13.8 Å². The molecule has 0 unspecified atom stereocenters. The fraction of sp³-hybridized carbons (Fsp3) is 0.571. The number of hydrogen-bond donors (Lipinski definition) is 1. The lowest BCUT2D eigenvalue weighted by Crippen LogP contribution is -2.36. The van der Waals surface area contributed by atoms with Crippen molar-refractivity contribution in [3.8, 4) is 0 Å². The lowest BCUT2D eigenvalue weighted by Gasteiger charge is -2.17. The Balaban J connectivity index is 3.83. The smallest absolute Gasteiger partial charge is 0.315 e. The van der Waals surface area contributed by atoms with Gasteiger partial charge in [-0.2, -0.15) is 0 Å². The maximum atomic E-state index is 10.6. The maximum absolute atomic E-state index is 10.6. The van der Waals surface area contributed by atoms with Crippen molar-refractivity contribution in [3.63, 3.8) is 0 Å². The van der Waals surface area contributed by atoms with Gasteiger partial charge < -0.3 is 10.6 Å². The maximum Gasteiger partial charge on any atom is 0.315 e. The van der Waals surface area contributed by atoms with Gasteiger partial charge in [0.25, 0.3) is 0 Å². The van der Waals surface area contributed by atoms with Crippen molar-refractivity contribution in [3.05, 3.63) is 12.2 Å². The molecule has 3 nitrogen and oxygen atoms in total. The highest BCUT2D eigenvalue weighted by atomic mass is 16.2. The summed E-state index contributed by atoms with van der Waals surface area (Å²) in [6.07, 6.45) is 0. The van der Waals surface area contributed by atoms with Crippen molar-refractivity contribution in [2.24, 2.45) is 5.73 Å². The molecule has 0 aliphatic heterocycles. The molecular formula is C7H14N2O. The minimum atomic E-state index is -0.384. The van der Waals surface area contributed by atoms with Crippen molar-refractivity contribution >= 4 is 6.03 Å². The molecule has 0 aliphatic carbocycles. The number of likely N-dealkylation sites (N-methyl/N-ethyl adjacent to an activating group) is 1. The van der Waals surface area contributed by atoms with E-state index < -0.39 is 0 Å². The fourth-order valence-electron chi connectivity index (χ4n) is 0.671. The van der Waals surface area contributed by atoms with Crippen LogP contribution < -0.4 is 5.73 Å². The van der Waals surface area contributed by atoms with Gasteiger partial charge in [0.2, 0.25) is 0 Å². The largest absolute Gasteiger partial charge is 0.351 e. The number of primary amides is 1. The number of carbonyl (C=O) groups is 1. The van der Waals surface area contributed by atoms with E-state index in [9.17, 15) is 4.79 Å². The van der Waals surface area contributed by atoms with Crippen LogP contribution in [0.2, 0.25) is 0 Å². The Hall–Kier alpha value is -0.990. The van der Waals surface area contributed by atoms with E-state index in [1.165, 1.54) is 4.90 Å². The Morgan fingerprint density at radius 1 is 1.70 bits per heavy atom. The summed E-state index contributed by atoms with van der Waals surface area (Å²) in [5, 5.41) is 0. The van der Waals surface area contributed by atoms with E-state index in [2.05, 4.69) is 6.58 Å². The summed E-state index contributed by atoms with van der Waals surface area (Å²) in [6, 6.07) is -0.384. The monoisotopic (exact) mass is 142 g/mol. The van der Waals surface area contributed by atoms with Crippen LogP contribution >= 0.6 is 0 Å². The molecule has 3 heteroatoms. The average Bonchev–Trinajstić information content (AvgIpc) is 1.81. The Morgan fingerprint density at radius 2 is 2.20 bits per heavy atom. The second-order valence-corrected chi connectivity index (χ2v) is 2.31. The van der Waals surface area contributed by atoms with Crippen LogP contribution in [0.3, 0.4) is 0 Å². The van der Waals surface area contributed by atoms with Crippen LogP contribution in [0.4, 0.5) is 4.79 Å². The first-order valence-corrected chi connectivity index (χ1v) is 3.26. The first kappa shape index (κ1) is 9.01. The molecular weight excluding hydrogens is 128 g/mol. The Labute approximate surface area is 61.5 Å². The van der Waals surface area contributed by atoms with Crippen LogP contribution in [0, 0.1) is 0 Å². The number of nitrogens with two attached hydrogens (primary N) is 1. The fourth-order valence-corrected chi connectivity index (χ4v) is 0.671. The second-order valence-electron chi connectivity index (χ2n) is 2.31.